The maximum absolute atomic E-state index is 11.4. The first-order valence-electron chi connectivity index (χ1n) is 9.74. The summed E-state index contributed by atoms with van der Waals surface area (Å²) in [6.45, 7) is 9.68. The lowest BCUT2D eigenvalue weighted by Gasteiger charge is -2.10. The molecule has 6 nitrogen and oxygen atoms in total. The third kappa shape index (κ3) is 5.03. The number of rotatable bonds is 6. The first kappa shape index (κ1) is 22.6. The second-order valence-corrected chi connectivity index (χ2v) is 6.34. The van der Waals surface area contributed by atoms with E-state index >= 15 is 0 Å². The molecule has 0 spiro atoms. The molecule has 0 unspecified atom stereocenters. The Morgan fingerprint density at radius 2 is 1.97 bits per heavy atom. The Bertz CT molecular complexity index is 1120. The largest absolute Gasteiger partial charge is 0.457 e. The fourth-order valence-electron chi connectivity index (χ4n) is 2.96. The summed E-state index contributed by atoms with van der Waals surface area (Å²) in [5, 5.41) is 5.28. The van der Waals surface area contributed by atoms with E-state index in [1.807, 2.05) is 64.3 Å². The van der Waals surface area contributed by atoms with Crippen LogP contribution in [-0.4, -0.2) is 28.4 Å². The van der Waals surface area contributed by atoms with Gasteiger partial charge in [0.15, 0.2) is 0 Å². The Morgan fingerprint density at radius 3 is 2.57 bits per heavy atom. The van der Waals surface area contributed by atoms with Crippen LogP contribution in [0.3, 0.4) is 0 Å². The van der Waals surface area contributed by atoms with E-state index in [0.717, 1.165) is 22.0 Å². The predicted molar refractivity (Wildman–Crippen MR) is 123 cm³/mol. The highest BCUT2D eigenvalue weighted by Gasteiger charge is 2.09. The quantitative estimate of drug-likeness (QED) is 0.371. The zero-order valence-electron chi connectivity index (χ0n) is 18.1. The molecule has 0 atom stereocenters. The summed E-state index contributed by atoms with van der Waals surface area (Å²) in [4.78, 5) is 15.8. The molecule has 30 heavy (non-hydrogen) atoms. The number of primary amides is 1. The van der Waals surface area contributed by atoms with E-state index < -0.39 is 5.91 Å². The van der Waals surface area contributed by atoms with Crippen LogP contribution in [0.15, 0.2) is 72.1 Å². The Hall–Kier alpha value is -3.67. The van der Waals surface area contributed by atoms with Crippen LogP contribution in [0.2, 0.25) is 0 Å². The van der Waals surface area contributed by atoms with Crippen molar-refractivity contribution in [2.45, 2.75) is 20.8 Å². The molecule has 2 aromatic carbocycles. The van der Waals surface area contributed by atoms with Crippen molar-refractivity contribution < 1.29 is 9.53 Å². The number of amides is 1. The van der Waals surface area contributed by atoms with Gasteiger partial charge in [0.05, 0.1) is 17.4 Å². The van der Waals surface area contributed by atoms with Crippen molar-refractivity contribution in [3.05, 3.63) is 83.8 Å². The van der Waals surface area contributed by atoms with E-state index in [0.29, 0.717) is 22.8 Å². The van der Waals surface area contributed by atoms with Gasteiger partial charge in [0.2, 0.25) is 5.91 Å². The number of carbonyl (C=O) groups excluding carboxylic acids is 1. The minimum Gasteiger partial charge on any atom is -0.457 e. The molecule has 0 fully saturated rings. The van der Waals surface area contributed by atoms with E-state index in [2.05, 4.69) is 16.7 Å². The molecule has 156 valence electrons. The molecule has 1 heterocycles. The van der Waals surface area contributed by atoms with Gasteiger partial charge >= 0.3 is 0 Å². The second-order valence-electron chi connectivity index (χ2n) is 6.34. The Morgan fingerprint density at radius 1 is 1.23 bits per heavy atom. The molecule has 1 amide bonds. The molecule has 0 saturated heterocycles. The van der Waals surface area contributed by atoms with Gasteiger partial charge in [0.1, 0.15) is 11.5 Å². The molecule has 3 aromatic rings. The number of nitrogens with zero attached hydrogens (tertiary/aromatic N) is 3. The van der Waals surface area contributed by atoms with Gasteiger partial charge in [-0.1, -0.05) is 26.5 Å². The van der Waals surface area contributed by atoms with E-state index in [9.17, 15) is 4.79 Å². The lowest BCUT2D eigenvalue weighted by Crippen LogP contribution is -2.13. The maximum Gasteiger partial charge on any atom is 0.248 e. The van der Waals surface area contributed by atoms with Gasteiger partial charge in [0, 0.05) is 42.8 Å². The van der Waals surface area contributed by atoms with Crippen LogP contribution in [0.1, 0.15) is 35.3 Å². The standard InChI is InChI=1S/C22H22N4O2.C2H6/c1-5-17(28-18-8-6-16-13-25-26(4)21(16)12-18)11-20(24-3)15-7-9-19(22(23)27)14(2)10-15;1-2/h5-13H,1H2,2-4H3,(H2,23,27);1-2H3/b17-11+,24-20?;. The average molecular weight is 405 g/mol. The van der Waals surface area contributed by atoms with E-state index in [4.69, 9.17) is 10.5 Å². The minimum atomic E-state index is -0.449. The van der Waals surface area contributed by atoms with Crippen molar-refractivity contribution >= 4 is 22.5 Å². The summed E-state index contributed by atoms with van der Waals surface area (Å²) in [5.41, 5.74) is 9.21. The van der Waals surface area contributed by atoms with E-state index in [1.54, 1.807) is 29.9 Å². The number of aryl methyl sites for hydroxylation is 2. The Balaban J connectivity index is 0.00000155. The molecule has 2 N–H and O–H groups in total. The number of ether oxygens (including phenoxy) is 1. The topological polar surface area (TPSA) is 82.5 Å². The Labute approximate surface area is 177 Å². The molecule has 0 saturated carbocycles. The average Bonchev–Trinajstić information content (AvgIpc) is 3.12. The van der Waals surface area contributed by atoms with Crippen LogP contribution in [-0.2, 0) is 7.05 Å². The number of hydrogen-bond acceptors (Lipinski definition) is 4. The molecule has 3 rings (SSSR count). The van der Waals surface area contributed by atoms with Crippen LogP contribution in [0.25, 0.3) is 10.9 Å². The zero-order chi connectivity index (χ0) is 22.3. The molecule has 0 aliphatic heterocycles. The number of allylic oxidation sites excluding steroid dienone is 2. The molecule has 0 bridgehead atoms. The molecular weight excluding hydrogens is 376 g/mol. The van der Waals surface area contributed by atoms with Crippen molar-refractivity contribution in [2.75, 3.05) is 7.05 Å². The smallest absolute Gasteiger partial charge is 0.248 e. The maximum atomic E-state index is 11.4. The number of aliphatic imine (C=N–C) groups is 1. The fourth-order valence-corrected chi connectivity index (χ4v) is 2.96. The highest BCUT2D eigenvalue weighted by molar-refractivity contribution is 6.09. The SMILES string of the molecule is C=C/C(=C\C(=NC)c1ccc(C(N)=O)c(C)c1)Oc1ccc2cnn(C)c2c1.CC. The number of nitrogens with two attached hydrogens (primary N) is 1. The normalized spacial score (nSPS) is 11.6. The summed E-state index contributed by atoms with van der Waals surface area (Å²) in [6.07, 6.45) is 5.24. The summed E-state index contributed by atoms with van der Waals surface area (Å²) in [7, 11) is 3.59. The molecular formula is C24H28N4O2. The minimum absolute atomic E-state index is 0.449. The van der Waals surface area contributed by atoms with Crippen molar-refractivity contribution in [3.8, 4) is 5.75 Å². The number of fused-ring (bicyclic) bond motifs is 1. The molecule has 0 aliphatic rings. The third-order valence-corrected chi connectivity index (χ3v) is 4.46. The lowest BCUT2D eigenvalue weighted by molar-refractivity contribution is 0.0999. The lowest BCUT2D eigenvalue weighted by atomic mass is 10.0. The Kier molecular flexibility index (Phi) is 7.69. The molecule has 0 aliphatic carbocycles. The van der Waals surface area contributed by atoms with Crippen molar-refractivity contribution in [1.82, 2.24) is 9.78 Å². The van der Waals surface area contributed by atoms with Crippen molar-refractivity contribution in [3.63, 3.8) is 0 Å². The molecule has 6 heteroatoms. The van der Waals surface area contributed by atoms with E-state index in [-0.39, 0.29) is 0 Å². The van der Waals surface area contributed by atoms with Crippen LogP contribution in [0.5, 0.6) is 5.75 Å². The predicted octanol–water partition coefficient (Wildman–Crippen LogP) is 4.57. The summed E-state index contributed by atoms with van der Waals surface area (Å²) >= 11 is 0. The number of carbonyl (C=O) groups is 1. The highest BCUT2D eigenvalue weighted by Crippen LogP contribution is 2.22. The van der Waals surface area contributed by atoms with Crippen LogP contribution in [0.4, 0.5) is 0 Å². The number of benzene rings is 2. The van der Waals surface area contributed by atoms with Gasteiger partial charge in [-0.3, -0.25) is 14.5 Å². The summed E-state index contributed by atoms with van der Waals surface area (Å²) in [6, 6.07) is 11.2. The van der Waals surface area contributed by atoms with Gasteiger partial charge < -0.3 is 10.5 Å². The zero-order valence-corrected chi connectivity index (χ0v) is 18.1. The van der Waals surface area contributed by atoms with Gasteiger partial charge in [0.25, 0.3) is 0 Å². The van der Waals surface area contributed by atoms with Crippen molar-refractivity contribution in [1.29, 1.82) is 0 Å². The van der Waals surface area contributed by atoms with Gasteiger partial charge in [-0.15, -0.1) is 0 Å². The number of hydrogen-bond donors (Lipinski definition) is 1. The third-order valence-electron chi connectivity index (χ3n) is 4.46. The first-order chi connectivity index (χ1) is 14.4. The fraction of sp³-hybridized carbons (Fsp3) is 0.208. The second kappa shape index (κ2) is 10.2. The van der Waals surface area contributed by atoms with Gasteiger partial charge in [-0.25, -0.2) is 0 Å². The first-order valence-corrected chi connectivity index (χ1v) is 9.74. The van der Waals surface area contributed by atoms with Crippen LogP contribution < -0.4 is 10.5 Å². The van der Waals surface area contributed by atoms with Gasteiger partial charge in [-0.05, 0) is 42.8 Å². The van der Waals surface area contributed by atoms with Crippen LogP contribution >= 0.6 is 0 Å². The van der Waals surface area contributed by atoms with E-state index in [1.165, 1.54) is 0 Å². The van der Waals surface area contributed by atoms with Crippen LogP contribution in [0, 0.1) is 6.92 Å². The summed E-state index contributed by atoms with van der Waals surface area (Å²) < 4.78 is 7.78. The monoisotopic (exact) mass is 404 g/mol. The number of aromatic nitrogens is 2. The molecule has 0 radical (unpaired) electrons. The highest BCUT2D eigenvalue weighted by atomic mass is 16.5. The van der Waals surface area contributed by atoms with Gasteiger partial charge in [-0.2, -0.15) is 5.10 Å². The van der Waals surface area contributed by atoms with Crippen molar-refractivity contribution in [2.24, 2.45) is 17.8 Å². The summed E-state index contributed by atoms with van der Waals surface area (Å²) in [5.74, 6) is 0.784. The molecule has 1 aromatic heterocycles.